The van der Waals surface area contributed by atoms with Crippen LogP contribution in [0.15, 0.2) is 6.07 Å². The number of rotatable bonds is 2. The number of hydrogen-bond acceptors (Lipinski definition) is 2. The third-order valence-electron chi connectivity index (χ3n) is 2.12. The molecule has 1 rings (SSSR count). The summed E-state index contributed by atoms with van der Waals surface area (Å²) < 4.78 is 26.8. The highest BCUT2D eigenvalue weighted by Crippen LogP contribution is 2.25. The minimum atomic E-state index is -1.09. The van der Waals surface area contributed by atoms with Gasteiger partial charge in [0.05, 0.1) is 11.1 Å². The van der Waals surface area contributed by atoms with Gasteiger partial charge in [0.2, 0.25) is 0 Å². The summed E-state index contributed by atoms with van der Waals surface area (Å²) in [6.07, 6.45) is 0.0946. The Morgan fingerprint density at radius 1 is 1.40 bits per heavy atom. The summed E-state index contributed by atoms with van der Waals surface area (Å²) in [4.78, 5) is 10.5. The monoisotopic (exact) mass is 209 g/mol. The predicted octanol–water partition coefficient (Wildman–Crippen LogP) is 2.77. The highest BCUT2D eigenvalue weighted by Gasteiger charge is 2.19. The lowest BCUT2D eigenvalue weighted by atomic mass is 9.97. The number of hydrogen-bond donors (Lipinski definition) is 0. The Morgan fingerprint density at radius 3 is 2.40 bits per heavy atom. The van der Waals surface area contributed by atoms with Crippen molar-refractivity contribution in [2.75, 3.05) is 0 Å². The molecule has 0 atom stereocenters. The van der Waals surface area contributed by atoms with E-state index in [2.05, 4.69) is 0 Å². The molecule has 0 aliphatic heterocycles. The van der Waals surface area contributed by atoms with Crippen molar-refractivity contribution in [1.29, 1.82) is 5.26 Å². The van der Waals surface area contributed by atoms with Crippen molar-refractivity contribution in [2.45, 2.75) is 19.8 Å². The van der Waals surface area contributed by atoms with Gasteiger partial charge in [0.1, 0.15) is 11.9 Å². The van der Waals surface area contributed by atoms with Crippen LogP contribution in [0, 0.1) is 23.0 Å². The summed E-state index contributed by atoms with van der Waals surface area (Å²) in [6, 6.07) is 2.73. The molecule has 0 bridgehead atoms. The highest BCUT2D eigenvalue weighted by molar-refractivity contribution is 5.77. The summed E-state index contributed by atoms with van der Waals surface area (Å²) in [7, 11) is 0. The standard InChI is InChI=1S/C11H9F2NO/c1-6(2)8-3-7(4-14)10(12)9(5-15)11(8)13/h3,5-6H,1-2H3. The van der Waals surface area contributed by atoms with Crippen LogP contribution in [0.1, 0.15) is 41.3 Å². The van der Waals surface area contributed by atoms with Crippen molar-refractivity contribution in [1.82, 2.24) is 0 Å². The molecule has 4 heteroatoms. The molecule has 0 aliphatic rings. The van der Waals surface area contributed by atoms with Crippen molar-refractivity contribution in [2.24, 2.45) is 0 Å². The Labute approximate surface area is 86.1 Å². The third-order valence-corrected chi connectivity index (χ3v) is 2.12. The van der Waals surface area contributed by atoms with Gasteiger partial charge in [0.25, 0.3) is 0 Å². The topological polar surface area (TPSA) is 40.9 Å². The van der Waals surface area contributed by atoms with Gasteiger partial charge in [-0.25, -0.2) is 8.78 Å². The van der Waals surface area contributed by atoms with Crippen molar-refractivity contribution in [3.63, 3.8) is 0 Å². The van der Waals surface area contributed by atoms with E-state index in [0.29, 0.717) is 0 Å². The summed E-state index contributed by atoms with van der Waals surface area (Å²) >= 11 is 0. The first-order valence-corrected chi connectivity index (χ1v) is 4.40. The Bertz CT molecular complexity index is 447. The maximum absolute atomic E-state index is 13.5. The van der Waals surface area contributed by atoms with E-state index in [-0.39, 0.29) is 23.3 Å². The molecule has 78 valence electrons. The second-order valence-corrected chi connectivity index (χ2v) is 3.44. The minimum absolute atomic E-state index is 0.0946. The molecule has 0 amide bonds. The number of aldehydes is 1. The molecule has 0 aromatic heterocycles. The molecule has 0 saturated carbocycles. The summed E-state index contributed by atoms with van der Waals surface area (Å²) in [5.74, 6) is -2.18. The van der Waals surface area contributed by atoms with Gasteiger partial charge < -0.3 is 0 Å². The van der Waals surface area contributed by atoms with Crippen LogP contribution in [0.3, 0.4) is 0 Å². The zero-order valence-corrected chi connectivity index (χ0v) is 8.34. The number of benzene rings is 1. The van der Waals surface area contributed by atoms with E-state index in [9.17, 15) is 13.6 Å². The Morgan fingerprint density at radius 2 is 2.00 bits per heavy atom. The van der Waals surface area contributed by atoms with E-state index >= 15 is 0 Å². The summed E-state index contributed by atoms with van der Waals surface area (Å²) in [6.45, 7) is 3.40. The largest absolute Gasteiger partial charge is 0.298 e. The van der Waals surface area contributed by atoms with E-state index in [1.165, 1.54) is 0 Å². The van der Waals surface area contributed by atoms with Gasteiger partial charge in [-0.1, -0.05) is 13.8 Å². The average Bonchev–Trinajstić information content (AvgIpc) is 2.18. The van der Waals surface area contributed by atoms with Crippen LogP contribution < -0.4 is 0 Å². The Hall–Kier alpha value is -1.76. The van der Waals surface area contributed by atoms with Gasteiger partial charge in [0.15, 0.2) is 12.1 Å². The fraction of sp³-hybridized carbons (Fsp3) is 0.273. The molecule has 1 aromatic rings. The van der Waals surface area contributed by atoms with Crippen LogP contribution in [0.2, 0.25) is 0 Å². The number of carbonyl (C=O) groups is 1. The second kappa shape index (κ2) is 4.18. The maximum Gasteiger partial charge on any atom is 0.156 e. The first-order chi connectivity index (χ1) is 7.02. The molecule has 2 nitrogen and oxygen atoms in total. The van der Waals surface area contributed by atoms with Crippen molar-refractivity contribution >= 4 is 6.29 Å². The van der Waals surface area contributed by atoms with Gasteiger partial charge >= 0.3 is 0 Å². The Balaban J connectivity index is 3.60. The average molecular weight is 209 g/mol. The quantitative estimate of drug-likeness (QED) is 0.702. The van der Waals surface area contributed by atoms with E-state index in [1.807, 2.05) is 0 Å². The molecule has 0 N–H and O–H groups in total. The van der Waals surface area contributed by atoms with Crippen LogP contribution in [0.5, 0.6) is 0 Å². The van der Waals surface area contributed by atoms with E-state index in [0.717, 1.165) is 6.07 Å². The van der Waals surface area contributed by atoms with E-state index in [4.69, 9.17) is 5.26 Å². The molecule has 15 heavy (non-hydrogen) atoms. The normalized spacial score (nSPS) is 10.1. The molecule has 0 radical (unpaired) electrons. The smallest absolute Gasteiger partial charge is 0.156 e. The molecule has 0 spiro atoms. The van der Waals surface area contributed by atoms with Crippen LogP contribution in [-0.2, 0) is 0 Å². The molecule has 0 aliphatic carbocycles. The van der Waals surface area contributed by atoms with Gasteiger partial charge in [-0.15, -0.1) is 0 Å². The molecule has 1 aromatic carbocycles. The first-order valence-electron chi connectivity index (χ1n) is 4.40. The zero-order chi connectivity index (χ0) is 11.6. The third kappa shape index (κ3) is 1.86. The van der Waals surface area contributed by atoms with Crippen molar-refractivity contribution < 1.29 is 13.6 Å². The number of carbonyl (C=O) groups excluding carboxylic acids is 1. The van der Waals surface area contributed by atoms with Crippen LogP contribution in [0.4, 0.5) is 8.78 Å². The minimum Gasteiger partial charge on any atom is -0.298 e. The first kappa shape index (κ1) is 11.3. The van der Waals surface area contributed by atoms with Crippen LogP contribution >= 0.6 is 0 Å². The molecule has 0 heterocycles. The van der Waals surface area contributed by atoms with E-state index < -0.39 is 17.2 Å². The lowest BCUT2D eigenvalue weighted by Crippen LogP contribution is -2.04. The maximum atomic E-state index is 13.5. The van der Waals surface area contributed by atoms with Gasteiger partial charge in [-0.2, -0.15) is 5.26 Å². The molecule has 0 saturated heterocycles. The van der Waals surface area contributed by atoms with E-state index in [1.54, 1.807) is 19.9 Å². The molecule has 0 unspecified atom stereocenters. The van der Waals surface area contributed by atoms with Crippen molar-refractivity contribution in [3.05, 3.63) is 34.4 Å². The van der Waals surface area contributed by atoms with Gasteiger partial charge in [0, 0.05) is 0 Å². The van der Waals surface area contributed by atoms with Crippen LogP contribution in [-0.4, -0.2) is 6.29 Å². The fourth-order valence-electron chi connectivity index (χ4n) is 1.28. The number of nitrogens with zero attached hydrogens (tertiary/aromatic N) is 1. The zero-order valence-electron chi connectivity index (χ0n) is 8.34. The number of nitriles is 1. The lowest BCUT2D eigenvalue weighted by Gasteiger charge is -2.10. The highest BCUT2D eigenvalue weighted by atomic mass is 19.1. The SMILES string of the molecule is CC(C)c1cc(C#N)c(F)c(C=O)c1F. The van der Waals surface area contributed by atoms with Crippen molar-refractivity contribution in [3.8, 4) is 6.07 Å². The fourth-order valence-corrected chi connectivity index (χ4v) is 1.28. The Kier molecular flexibility index (Phi) is 3.15. The van der Waals surface area contributed by atoms with Crippen LogP contribution in [0.25, 0.3) is 0 Å². The molecular weight excluding hydrogens is 200 g/mol. The summed E-state index contributed by atoms with van der Waals surface area (Å²) in [5, 5.41) is 8.61. The van der Waals surface area contributed by atoms with Gasteiger partial charge in [-0.05, 0) is 17.5 Å². The second-order valence-electron chi connectivity index (χ2n) is 3.44. The summed E-state index contributed by atoms with van der Waals surface area (Å²) in [5.41, 5.74) is -0.796. The predicted molar refractivity (Wildman–Crippen MR) is 50.5 cm³/mol. The molecule has 0 fully saturated rings. The lowest BCUT2D eigenvalue weighted by molar-refractivity contribution is 0.111. The molecular formula is C11H9F2NO. The van der Waals surface area contributed by atoms with Gasteiger partial charge in [-0.3, -0.25) is 4.79 Å². The number of halogens is 2.